The van der Waals surface area contributed by atoms with Crippen LogP contribution in [0.15, 0.2) is 35.2 Å². The molecule has 2 heterocycles. The summed E-state index contributed by atoms with van der Waals surface area (Å²) in [6.07, 6.45) is 11.6. The number of carbonyl (C=O) groups excluding carboxylic acids is 2. The molecular weight excluding hydrogens is 370 g/mol. The number of nitrogens with zero attached hydrogens (tertiary/aromatic N) is 1. The molecule has 0 aromatic carbocycles. The van der Waals surface area contributed by atoms with Crippen LogP contribution in [0.5, 0.6) is 0 Å². The Morgan fingerprint density at radius 2 is 1.97 bits per heavy atom. The lowest BCUT2D eigenvalue weighted by atomic mass is 9.77. The Kier molecular flexibility index (Phi) is 6.72. The van der Waals surface area contributed by atoms with Crippen molar-refractivity contribution in [2.24, 2.45) is 5.41 Å². The molecular formula is C23H29NO5. The highest BCUT2D eigenvalue weighted by molar-refractivity contribution is 5.92. The van der Waals surface area contributed by atoms with E-state index in [-0.39, 0.29) is 17.5 Å². The van der Waals surface area contributed by atoms with Crippen LogP contribution < -0.4 is 5.56 Å². The van der Waals surface area contributed by atoms with E-state index in [0.717, 1.165) is 17.7 Å². The smallest absolute Gasteiger partial charge is 0.340 e. The number of allylic oxidation sites excluding steroid dienone is 3. The second kappa shape index (κ2) is 9.25. The van der Waals surface area contributed by atoms with Gasteiger partial charge in [-0.15, -0.1) is 0 Å². The molecule has 2 aliphatic rings. The van der Waals surface area contributed by atoms with E-state index in [9.17, 15) is 14.4 Å². The van der Waals surface area contributed by atoms with Crippen LogP contribution in [-0.4, -0.2) is 29.7 Å². The van der Waals surface area contributed by atoms with Crippen LogP contribution in [0.25, 0.3) is 0 Å². The first-order valence-corrected chi connectivity index (χ1v) is 10.5. The molecule has 1 aliphatic carbocycles. The summed E-state index contributed by atoms with van der Waals surface area (Å²) in [5.41, 5.74) is 1.29. The number of esters is 2. The second-order valence-corrected chi connectivity index (χ2v) is 7.53. The molecule has 0 spiro atoms. The Hall–Kier alpha value is -2.63. The van der Waals surface area contributed by atoms with Gasteiger partial charge in [-0.1, -0.05) is 24.3 Å². The van der Waals surface area contributed by atoms with E-state index in [1.807, 2.05) is 24.3 Å². The predicted octanol–water partition coefficient (Wildman–Crippen LogP) is 3.36. The first-order chi connectivity index (χ1) is 14.0. The number of carbonyl (C=O) groups is 2. The number of fused-ring (bicyclic) bond motifs is 1. The van der Waals surface area contributed by atoms with Gasteiger partial charge in [0.1, 0.15) is 0 Å². The minimum absolute atomic E-state index is 0.0684. The Morgan fingerprint density at radius 3 is 2.66 bits per heavy atom. The summed E-state index contributed by atoms with van der Waals surface area (Å²) in [4.78, 5) is 37.7. The molecule has 1 unspecified atom stereocenters. The monoisotopic (exact) mass is 399 g/mol. The molecule has 156 valence electrons. The van der Waals surface area contributed by atoms with Gasteiger partial charge in [0, 0.05) is 18.3 Å². The van der Waals surface area contributed by atoms with E-state index < -0.39 is 5.41 Å². The normalized spacial score (nSPS) is 19.8. The van der Waals surface area contributed by atoms with Crippen molar-refractivity contribution < 1.29 is 19.1 Å². The predicted molar refractivity (Wildman–Crippen MR) is 110 cm³/mol. The van der Waals surface area contributed by atoms with Crippen molar-refractivity contribution in [3.63, 3.8) is 0 Å². The van der Waals surface area contributed by atoms with E-state index in [2.05, 4.69) is 0 Å². The van der Waals surface area contributed by atoms with Crippen molar-refractivity contribution in [2.75, 3.05) is 13.2 Å². The van der Waals surface area contributed by atoms with Crippen LogP contribution in [0.2, 0.25) is 0 Å². The molecule has 1 atom stereocenters. The number of hydrogen-bond acceptors (Lipinski definition) is 5. The Bertz CT molecular complexity index is 895. The number of aromatic nitrogens is 1. The maximum atomic E-state index is 12.6. The molecule has 1 aromatic rings. The molecule has 0 amide bonds. The number of pyridine rings is 1. The van der Waals surface area contributed by atoms with E-state index in [0.29, 0.717) is 57.4 Å². The number of hydrogen-bond donors (Lipinski definition) is 0. The molecule has 0 N–H and O–H groups in total. The molecule has 1 aliphatic heterocycles. The van der Waals surface area contributed by atoms with Crippen molar-refractivity contribution >= 4 is 11.9 Å². The summed E-state index contributed by atoms with van der Waals surface area (Å²) in [6, 6.07) is 1.56. The standard InChI is InChI=1S/C23H29NO5/c1-3-28-21(26)20-17(16-19(25)24-15-9-11-18(20)24)10-8-14-23(22(27)29-4-2)12-6-5-7-13-23/h5-7,12,16H,3-4,8-11,13-15H2,1-2H3. The van der Waals surface area contributed by atoms with Crippen LogP contribution in [0.4, 0.5) is 0 Å². The molecule has 0 radical (unpaired) electrons. The average molecular weight is 399 g/mol. The molecule has 6 heteroatoms. The molecule has 0 fully saturated rings. The topological polar surface area (TPSA) is 74.6 Å². The maximum Gasteiger partial charge on any atom is 0.340 e. The molecule has 0 bridgehead atoms. The zero-order valence-electron chi connectivity index (χ0n) is 17.2. The Balaban J connectivity index is 1.83. The van der Waals surface area contributed by atoms with Crippen molar-refractivity contribution in [3.05, 3.63) is 57.5 Å². The van der Waals surface area contributed by atoms with Crippen molar-refractivity contribution in [1.29, 1.82) is 0 Å². The molecule has 0 saturated heterocycles. The van der Waals surface area contributed by atoms with Crippen LogP contribution in [0.3, 0.4) is 0 Å². The van der Waals surface area contributed by atoms with Gasteiger partial charge in [-0.2, -0.15) is 0 Å². The zero-order valence-corrected chi connectivity index (χ0v) is 17.2. The van der Waals surface area contributed by atoms with Crippen molar-refractivity contribution in [2.45, 2.75) is 58.9 Å². The quantitative estimate of drug-likeness (QED) is 0.627. The highest BCUT2D eigenvalue weighted by Gasteiger charge is 2.37. The Labute approximate surface area is 171 Å². The molecule has 0 saturated carbocycles. The lowest BCUT2D eigenvalue weighted by Gasteiger charge is -2.29. The third kappa shape index (κ3) is 4.36. The fourth-order valence-electron chi connectivity index (χ4n) is 4.28. The fraction of sp³-hybridized carbons (Fsp3) is 0.522. The number of ether oxygens (including phenoxy) is 2. The highest BCUT2D eigenvalue weighted by atomic mass is 16.5. The van der Waals surface area contributed by atoms with Crippen LogP contribution >= 0.6 is 0 Å². The van der Waals surface area contributed by atoms with Gasteiger partial charge in [0.15, 0.2) is 0 Å². The van der Waals surface area contributed by atoms with Crippen LogP contribution in [0, 0.1) is 5.41 Å². The first-order valence-electron chi connectivity index (χ1n) is 10.5. The van der Waals surface area contributed by atoms with E-state index in [1.165, 1.54) is 0 Å². The number of rotatable bonds is 8. The zero-order chi connectivity index (χ0) is 20.9. The maximum absolute atomic E-state index is 12.6. The highest BCUT2D eigenvalue weighted by Crippen LogP contribution is 2.35. The Morgan fingerprint density at radius 1 is 1.17 bits per heavy atom. The van der Waals surface area contributed by atoms with Gasteiger partial charge in [-0.05, 0) is 57.9 Å². The lowest BCUT2D eigenvalue weighted by molar-refractivity contribution is -0.152. The SMILES string of the molecule is CCOC(=O)c1c(CCCC2(C(=O)OCC)C=CC=CC2)cc(=O)n2c1CCC2. The van der Waals surface area contributed by atoms with Crippen LogP contribution in [-0.2, 0) is 33.7 Å². The molecule has 3 rings (SSSR count). The van der Waals surface area contributed by atoms with Gasteiger partial charge in [-0.25, -0.2) is 4.79 Å². The van der Waals surface area contributed by atoms with Gasteiger partial charge in [0.05, 0.1) is 24.2 Å². The summed E-state index contributed by atoms with van der Waals surface area (Å²) in [5.74, 6) is -0.589. The largest absolute Gasteiger partial charge is 0.465 e. The molecule has 1 aromatic heterocycles. The number of aryl methyl sites for hydroxylation is 1. The third-order valence-electron chi connectivity index (χ3n) is 5.67. The minimum atomic E-state index is -0.680. The fourth-order valence-corrected chi connectivity index (χ4v) is 4.28. The summed E-state index contributed by atoms with van der Waals surface area (Å²) in [7, 11) is 0. The first kappa shape index (κ1) is 21.1. The van der Waals surface area contributed by atoms with E-state index in [4.69, 9.17) is 9.47 Å². The van der Waals surface area contributed by atoms with Crippen LogP contribution in [0.1, 0.15) is 61.1 Å². The van der Waals surface area contributed by atoms with Gasteiger partial charge >= 0.3 is 11.9 Å². The lowest BCUT2D eigenvalue weighted by Crippen LogP contribution is -2.32. The van der Waals surface area contributed by atoms with Gasteiger partial charge in [-0.3, -0.25) is 9.59 Å². The van der Waals surface area contributed by atoms with Gasteiger partial charge in [0.25, 0.3) is 5.56 Å². The van der Waals surface area contributed by atoms with Gasteiger partial charge < -0.3 is 14.0 Å². The van der Waals surface area contributed by atoms with E-state index in [1.54, 1.807) is 24.5 Å². The summed E-state index contributed by atoms with van der Waals surface area (Å²) in [6.45, 7) is 4.85. The molecule has 6 nitrogen and oxygen atoms in total. The summed E-state index contributed by atoms with van der Waals surface area (Å²) in [5, 5.41) is 0. The third-order valence-corrected chi connectivity index (χ3v) is 5.67. The summed E-state index contributed by atoms with van der Waals surface area (Å²) < 4.78 is 12.3. The van der Waals surface area contributed by atoms with E-state index >= 15 is 0 Å². The van der Waals surface area contributed by atoms with Gasteiger partial charge in [0.2, 0.25) is 0 Å². The summed E-state index contributed by atoms with van der Waals surface area (Å²) >= 11 is 0. The molecule has 29 heavy (non-hydrogen) atoms. The average Bonchev–Trinajstić information content (AvgIpc) is 3.19. The minimum Gasteiger partial charge on any atom is -0.465 e. The second-order valence-electron chi connectivity index (χ2n) is 7.53. The van der Waals surface area contributed by atoms with Crippen molar-refractivity contribution in [3.8, 4) is 0 Å². The van der Waals surface area contributed by atoms with Crippen molar-refractivity contribution in [1.82, 2.24) is 4.57 Å².